The van der Waals surface area contributed by atoms with E-state index in [2.05, 4.69) is 59.4 Å². The van der Waals surface area contributed by atoms with Crippen LogP contribution in [0.15, 0.2) is 59.9 Å². The highest BCUT2D eigenvalue weighted by molar-refractivity contribution is 6.02. The summed E-state index contributed by atoms with van der Waals surface area (Å²) in [5.41, 5.74) is 9.56. The fraction of sp³-hybridized carbons (Fsp3) is 0.385. The van der Waals surface area contributed by atoms with Crippen LogP contribution in [0, 0.1) is 5.92 Å². The number of nitrogens with two attached hydrogens (primary N) is 1. The van der Waals surface area contributed by atoms with Crippen molar-refractivity contribution in [3.05, 3.63) is 71.5 Å². The van der Waals surface area contributed by atoms with E-state index in [1.54, 1.807) is 7.05 Å². The molecule has 0 bridgehead atoms. The molecule has 3 aliphatic rings. The SMILES string of the molecule is CN1C(=O)[C@@H](c2ccc(C3CC3)cc2)[C@@H](c2ccc3cn(CC4CC4)cc3c2)N=C1N. The van der Waals surface area contributed by atoms with Crippen molar-refractivity contribution < 1.29 is 4.79 Å². The lowest BCUT2D eigenvalue weighted by Gasteiger charge is -2.33. The average Bonchev–Trinajstić information content (AvgIpc) is 3.70. The number of amides is 1. The second-order valence-corrected chi connectivity index (χ2v) is 9.53. The van der Waals surface area contributed by atoms with E-state index < -0.39 is 0 Å². The molecule has 2 aliphatic carbocycles. The van der Waals surface area contributed by atoms with Crippen LogP contribution in [0.4, 0.5) is 0 Å². The lowest BCUT2D eigenvalue weighted by Crippen LogP contribution is -2.46. The molecule has 1 aromatic heterocycles. The van der Waals surface area contributed by atoms with E-state index in [0.29, 0.717) is 5.92 Å². The molecular weight excluding hydrogens is 384 g/mol. The highest BCUT2D eigenvalue weighted by atomic mass is 16.2. The molecule has 31 heavy (non-hydrogen) atoms. The van der Waals surface area contributed by atoms with Gasteiger partial charge in [-0.2, -0.15) is 0 Å². The van der Waals surface area contributed by atoms with Gasteiger partial charge < -0.3 is 10.3 Å². The third-order valence-electron chi connectivity index (χ3n) is 7.10. The zero-order chi connectivity index (χ0) is 21.1. The zero-order valence-corrected chi connectivity index (χ0v) is 17.9. The molecule has 6 rings (SSSR count). The van der Waals surface area contributed by atoms with Crippen molar-refractivity contribution >= 4 is 22.6 Å². The molecule has 0 unspecified atom stereocenters. The number of guanidine groups is 1. The molecule has 2 saturated carbocycles. The lowest BCUT2D eigenvalue weighted by atomic mass is 9.84. The van der Waals surface area contributed by atoms with Crippen LogP contribution in [0.2, 0.25) is 0 Å². The molecule has 0 spiro atoms. The van der Waals surface area contributed by atoms with Crippen LogP contribution in [0.5, 0.6) is 0 Å². The van der Waals surface area contributed by atoms with Crippen LogP contribution < -0.4 is 5.73 Å². The summed E-state index contributed by atoms with van der Waals surface area (Å²) >= 11 is 0. The van der Waals surface area contributed by atoms with Gasteiger partial charge in [0.05, 0.1) is 12.0 Å². The number of hydrogen-bond acceptors (Lipinski definition) is 3. The van der Waals surface area contributed by atoms with Gasteiger partial charge in [-0.15, -0.1) is 0 Å². The van der Waals surface area contributed by atoms with Crippen LogP contribution in [-0.2, 0) is 11.3 Å². The largest absolute Gasteiger partial charge is 0.369 e. The first-order valence-electron chi connectivity index (χ1n) is 11.4. The van der Waals surface area contributed by atoms with Crippen molar-refractivity contribution in [1.82, 2.24) is 9.47 Å². The summed E-state index contributed by atoms with van der Waals surface area (Å²) in [5, 5.41) is 2.42. The predicted molar refractivity (Wildman–Crippen MR) is 123 cm³/mol. The molecule has 158 valence electrons. The number of hydrogen-bond donors (Lipinski definition) is 1. The van der Waals surface area contributed by atoms with Crippen molar-refractivity contribution in [3.63, 3.8) is 0 Å². The zero-order valence-electron chi connectivity index (χ0n) is 17.9. The van der Waals surface area contributed by atoms with Crippen LogP contribution >= 0.6 is 0 Å². The topological polar surface area (TPSA) is 63.6 Å². The monoisotopic (exact) mass is 412 g/mol. The number of fused-ring (bicyclic) bond motifs is 1. The van der Waals surface area contributed by atoms with Gasteiger partial charge in [0, 0.05) is 26.0 Å². The standard InChI is InChI=1S/C26H28N4O/c1-29-25(31)23(19-8-6-18(7-9-19)17-4-5-17)24(28-26(29)27)20-10-11-21-14-30(13-16-2-3-16)15-22(21)12-20/h6-12,14-17,23-24H,2-5,13H2,1H3,(H2,27,28)/t23-,24+/m0/s1. The Balaban J connectivity index is 1.38. The highest BCUT2D eigenvalue weighted by Crippen LogP contribution is 2.43. The molecule has 3 aromatic rings. The average molecular weight is 413 g/mol. The van der Waals surface area contributed by atoms with E-state index in [1.807, 2.05) is 0 Å². The number of aromatic nitrogens is 1. The summed E-state index contributed by atoms with van der Waals surface area (Å²) in [5.74, 6) is 1.46. The van der Waals surface area contributed by atoms with Crippen molar-refractivity contribution in [1.29, 1.82) is 0 Å². The summed E-state index contributed by atoms with van der Waals surface area (Å²) in [7, 11) is 1.71. The van der Waals surface area contributed by atoms with Gasteiger partial charge in [-0.25, -0.2) is 4.99 Å². The van der Waals surface area contributed by atoms with Gasteiger partial charge in [-0.05, 0) is 71.0 Å². The van der Waals surface area contributed by atoms with Crippen molar-refractivity contribution in [2.45, 2.75) is 50.1 Å². The Labute approximate surface area is 182 Å². The molecule has 2 fully saturated rings. The van der Waals surface area contributed by atoms with Crippen molar-refractivity contribution in [2.75, 3.05) is 7.05 Å². The molecule has 5 nitrogen and oxygen atoms in total. The Morgan fingerprint density at radius 2 is 1.61 bits per heavy atom. The van der Waals surface area contributed by atoms with Gasteiger partial charge in [0.1, 0.15) is 0 Å². The second-order valence-electron chi connectivity index (χ2n) is 9.53. The van der Waals surface area contributed by atoms with E-state index in [9.17, 15) is 4.79 Å². The maximum atomic E-state index is 13.3. The number of benzene rings is 2. The van der Waals surface area contributed by atoms with Crippen LogP contribution in [0.25, 0.3) is 10.8 Å². The summed E-state index contributed by atoms with van der Waals surface area (Å²) in [6.45, 7) is 1.10. The maximum Gasteiger partial charge on any atom is 0.239 e. The normalized spacial score (nSPS) is 24.0. The highest BCUT2D eigenvalue weighted by Gasteiger charge is 2.38. The minimum absolute atomic E-state index is 0.00284. The quantitative estimate of drug-likeness (QED) is 0.669. The summed E-state index contributed by atoms with van der Waals surface area (Å²) in [6.07, 6.45) is 9.67. The fourth-order valence-electron chi connectivity index (χ4n) is 4.85. The fourth-order valence-corrected chi connectivity index (χ4v) is 4.85. The molecule has 2 N–H and O–H groups in total. The predicted octanol–water partition coefficient (Wildman–Crippen LogP) is 4.54. The summed E-state index contributed by atoms with van der Waals surface area (Å²) in [6, 6.07) is 14.7. The van der Waals surface area contributed by atoms with Crippen LogP contribution in [-0.4, -0.2) is 28.4 Å². The maximum absolute atomic E-state index is 13.3. The van der Waals surface area contributed by atoms with Gasteiger partial charge in [-0.3, -0.25) is 9.69 Å². The van der Waals surface area contributed by atoms with Gasteiger partial charge in [0.25, 0.3) is 0 Å². The Bertz CT molecular complexity index is 1180. The minimum atomic E-state index is -0.364. The Morgan fingerprint density at radius 1 is 0.935 bits per heavy atom. The number of likely N-dealkylation sites (N-methyl/N-ethyl adjacent to an activating group) is 1. The van der Waals surface area contributed by atoms with Crippen LogP contribution in [0.1, 0.15) is 60.3 Å². The molecule has 2 heterocycles. The number of carbonyl (C=O) groups excluding carboxylic acids is 1. The number of nitrogens with zero attached hydrogens (tertiary/aromatic N) is 3. The first-order valence-corrected chi connectivity index (χ1v) is 11.4. The summed E-state index contributed by atoms with van der Waals surface area (Å²) in [4.78, 5) is 19.6. The Hall–Kier alpha value is -3.08. The van der Waals surface area contributed by atoms with Gasteiger partial charge in [0.2, 0.25) is 5.91 Å². The lowest BCUT2D eigenvalue weighted by molar-refractivity contribution is -0.129. The van der Waals surface area contributed by atoms with Gasteiger partial charge >= 0.3 is 0 Å². The third kappa shape index (κ3) is 3.42. The molecule has 1 aliphatic heterocycles. The van der Waals surface area contributed by atoms with Crippen molar-refractivity contribution in [3.8, 4) is 0 Å². The molecular formula is C26H28N4O. The number of carbonyl (C=O) groups is 1. The first kappa shape index (κ1) is 18.7. The summed E-state index contributed by atoms with van der Waals surface area (Å²) < 4.78 is 2.30. The molecule has 1 amide bonds. The van der Waals surface area contributed by atoms with Crippen molar-refractivity contribution in [2.24, 2.45) is 16.6 Å². The van der Waals surface area contributed by atoms with E-state index in [1.165, 1.54) is 46.9 Å². The van der Waals surface area contributed by atoms with E-state index in [-0.39, 0.29) is 23.8 Å². The Morgan fingerprint density at radius 3 is 2.32 bits per heavy atom. The molecule has 2 atom stereocenters. The molecule has 5 heteroatoms. The molecule has 0 saturated heterocycles. The Kier molecular flexibility index (Phi) is 4.20. The smallest absolute Gasteiger partial charge is 0.239 e. The second kappa shape index (κ2) is 6.98. The van der Waals surface area contributed by atoms with E-state index >= 15 is 0 Å². The van der Waals surface area contributed by atoms with Crippen LogP contribution in [0.3, 0.4) is 0 Å². The number of rotatable bonds is 5. The van der Waals surface area contributed by atoms with E-state index in [4.69, 9.17) is 10.7 Å². The molecule has 2 aromatic carbocycles. The van der Waals surface area contributed by atoms with Gasteiger partial charge in [0.15, 0.2) is 5.96 Å². The molecule has 0 radical (unpaired) electrons. The first-order chi connectivity index (χ1) is 15.1. The van der Waals surface area contributed by atoms with E-state index in [0.717, 1.165) is 23.6 Å². The minimum Gasteiger partial charge on any atom is -0.369 e. The third-order valence-corrected chi connectivity index (χ3v) is 7.10. The van der Waals surface area contributed by atoms with Gasteiger partial charge in [-0.1, -0.05) is 36.4 Å². The number of aliphatic imine (C=N–C) groups is 1.